The van der Waals surface area contributed by atoms with E-state index in [4.69, 9.17) is 4.74 Å². The van der Waals surface area contributed by atoms with Crippen LogP contribution in [-0.4, -0.2) is 71.2 Å². The first-order valence-electron chi connectivity index (χ1n) is 9.52. The van der Waals surface area contributed by atoms with Gasteiger partial charge in [-0.15, -0.1) is 10.2 Å². The zero-order chi connectivity index (χ0) is 20.1. The van der Waals surface area contributed by atoms with Gasteiger partial charge in [-0.2, -0.15) is 0 Å². The fourth-order valence-electron chi connectivity index (χ4n) is 3.39. The first kappa shape index (κ1) is 20.0. The Bertz CT molecular complexity index is 857. The summed E-state index contributed by atoms with van der Waals surface area (Å²) in [5.74, 6) is 1.16. The summed E-state index contributed by atoms with van der Waals surface area (Å²) in [4.78, 5) is 31.7. The number of methoxy groups -OCH3 is 1. The lowest BCUT2D eigenvalue weighted by molar-refractivity contribution is -0.132. The molecule has 1 aromatic heterocycles. The quantitative estimate of drug-likeness (QED) is 0.807. The molecule has 2 aromatic rings. The van der Waals surface area contributed by atoms with Gasteiger partial charge in [0.1, 0.15) is 11.4 Å². The maximum absolute atomic E-state index is 12.5. The smallest absolute Gasteiger partial charge is 0.273 e. The number of likely N-dealkylation sites (tertiary alicyclic amines) is 1. The van der Waals surface area contributed by atoms with Crippen LogP contribution in [0.25, 0.3) is 11.4 Å². The summed E-state index contributed by atoms with van der Waals surface area (Å²) < 4.78 is 5.12. The molecule has 1 aromatic carbocycles. The van der Waals surface area contributed by atoms with E-state index in [-0.39, 0.29) is 36.0 Å². The van der Waals surface area contributed by atoms with Crippen LogP contribution < -0.4 is 10.3 Å². The SMILES string of the molecule is COc1ccc(-c2nnc(CCC(=O)N(C)C3CCN(C)CC3)c(=O)[nH]2)cc1. The lowest BCUT2D eigenvalue weighted by Gasteiger charge is -2.35. The van der Waals surface area contributed by atoms with Gasteiger partial charge >= 0.3 is 0 Å². The molecule has 8 nitrogen and oxygen atoms in total. The predicted molar refractivity (Wildman–Crippen MR) is 106 cm³/mol. The maximum Gasteiger partial charge on any atom is 0.273 e. The number of aryl methyl sites for hydroxylation is 1. The number of hydrogen-bond donors (Lipinski definition) is 1. The first-order chi connectivity index (χ1) is 13.5. The predicted octanol–water partition coefficient (Wildman–Crippen LogP) is 1.33. The van der Waals surface area contributed by atoms with Crippen LogP contribution in [0.15, 0.2) is 29.1 Å². The van der Waals surface area contributed by atoms with Crippen molar-refractivity contribution in [2.24, 2.45) is 0 Å². The number of aromatic amines is 1. The number of carbonyl (C=O) groups excluding carboxylic acids is 1. The number of piperidine rings is 1. The van der Waals surface area contributed by atoms with Gasteiger partial charge in [-0.1, -0.05) is 0 Å². The van der Waals surface area contributed by atoms with Gasteiger partial charge in [-0.25, -0.2) is 0 Å². The molecule has 1 fully saturated rings. The molecule has 1 amide bonds. The summed E-state index contributed by atoms with van der Waals surface area (Å²) >= 11 is 0. The van der Waals surface area contributed by atoms with Gasteiger partial charge in [-0.3, -0.25) is 9.59 Å². The average molecular weight is 385 g/mol. The van der Waals surface area contributed by atoms with E-state index in [1.165, 1.54) is 0 Å². The molecule has 0 bridgehead atoms. The van der Waals surface area contributed by atoms with Gasteiger partial charge < -0.3 is 19.5 Å². The van der Waals surface area contributed by atoms with Crippen LogP contribution in [0.1, 0.15) is 25.0 Å². The lowest BCUT2D eigenvalue weighted by Crippen LogP contribution is -2.44. The molecule has 1 N–H and O–H groups in total. The van der Waals surface area contributed by atoms with Crippen LogP contribution in [0.3, 0.4) is 0 Å². The Morgan fingerprint density at radius 2 is 1.93 bits per heavy atom. The molecule has 8 heteroatoms. The Kier molecular flexibility index (Phi) is 6.41. The highest BCUT2D eigenvalue weighted by Crippen LogP contribution is 2.18. The van der Waals surface area contributed by atoms with Crippen LogP contribution in [0.5, 0.6) is 5.75 Å². The standard InChI is InChI=1S/C20H27N5O3/c1-24-12-10-15(11-13-24)25(2)18(26)9-8-17-20(27)21-19(23-22-17)14-4-6-16(28-3)7-5-14/h4-7,15H,8-13H2,1-3H3,(H,21,23,27). The monoisotopic (exact) mass is 385 g/mol. The zero-order valence-corrected chi connectivity index (χ0v) is 16.6. The summed E-state index contributed by atoms with van der Waals surface area (Å²) in [6.07, 6.45) is 2.49. The molecular weight excluding hydrogens is 358 g/mol. The molecule has 0 unspecified atom stereocenters. The Morgan fingerprint density at radius 3 is 2.54 bits per heavy atom. The number of nitrogens with one attached hydrogen (secondary N) is 1. The van der Waals surface area contributed by atoms with E-state index in [9.17, 15) is 9.59 Å². The number of carbonyl (C=O) groups is 1. The molecule has 28 heavy (non-hydrogen) atoms. The Balaban J connectivity index is 1.60. The molecule has 0 atom stereocenters. The molecule has 1 saturated heterocycles. The number of aromatic nitrogens is 3. The van der Waals surface area contributed by atoms with E-state index in [0.29, 0.717) is 5.82 Å². The molecule has 3 rings (SSSR count). The van der Waals surface area contributed by atoms with Crippen molar-refractivity contribution in [3.8, 4) is 17.1 Å². The fourth-order valence-corrected chi connectivity index (χ4v) is 3.39. The largest absolute Gasteiger partial charge is 0.497 e. The summed E-state index contributed by atoms with van der Waals surface area (Å²) in [6, 6.07) is 7.46. The highest BCUT2D eigenvalue weighted by atomic mass is 16.5. The summed E-state index contributed by atoms with van der Waals surface area (Å²) in [5.41, 5.74) is 0.716. The maximum atomic E-state index is 12.5. The minimum absolute atomic E-state index is 0.0370. The third kappa shape index (κ3) is 4.75. The van der Waals surface area contributed by atoms with Crippen LogP contribution in [0, 0.1) is 0 Å². The summed E-state index contributed by atoms with van der Waals surface area (Å²) in [5, 5.41) is 8.16. The van der Waals surface area contributed by atoms with Crippen LogP contribution >= 0.6 is 0 Å². The van der Waals surface area contributed by atoms with Crippen LogP contribution in [0.2, 0.25) is 0 Å². The third-order valence-electron chi connectivity index (χ3n) is 5.33. The minimum atomic E-state index is -0.310. The van der Waals surface area contributed by atoms with Gasteiger partial charge in [0.2, 0.25) is 5.91 Å². The average Bonchev–Trinajstić information content (AvgIpc) is 2.72. The van der Waals surface area contributed by atoms with Crippen molar-refractivity contribution in [3.05, 3.63) is 40.3 Å². The molecular formula is C20H27N5O3. The molecule has 1 aliphatic rings. The second-order valence-electron chi connectivity index (χ2n) is 7.22. The molecule has 2 heterocycles. The second kappa shape index (κ2) is 8.97. The Hall–Kier alpha value is -2.74. The van der Waals surface area contributed by atoms with E-state index in [0.717, 1.165) is 37.2 Å². The number of hydrogen-bond acceptors (Lipinski definition) is 6. The van der Waals surface area contributed by atoms with Crippen LogP contribution in [0.4, 0.5) is 0 Å². The van der Waals surface area contributed by atoms with E-state index < -0.39 is 0 Å². The van der Waals surface area contributed by atoms with Gasteiger partial charge in [-0.05, 0) is 57.2 Å². The number of H-pyrrole nitrogens is 1. The van der Waals surface area contributed by atoms with Crippen molar-refractivity contribution in [3.63, 3.8) is 0 Å². The van der Waals surface area contributed by atoms with Crippen LogP contribution in [-0.2, 0) is 11.2 Å². The third-order valence-corrected chi connectivity index (χ3v) is 5.33. The van der Waals surface area contributed by atoms with E-state index >= 15 is 0 Å². The van der Waals surface area contributed by atoms with Crippen molar-refractivity contribution >= 4 is 5.91 Å². The molecule has 150 valence electrons. The van der Waals surface area contributed by atoms with Crippen molar-refractivity contribution in [2.75, 3.05) is 34.3 Å². The molecule has 1 aliphatic heterocycles. The molecule has 0 spiro atoms. The van der Waals surface area contributed by atoms with Crippen molar-refractivity contribution in [1.82, 2.24) is 25.0 Å². The molecule has 0 radical (unpaired) electrons. The number of benzene rings is 1. The van der Waals surface area contributed by atoms with Gasteiger partial charge in [0, 0.05) is 31.5 Å². The topological polar surface area (TPSA) is 91.4 Å². The Labute approximate surface area is 164 Å². The van der Waals surface area contributed by atoms with Gasteiger partial charge in [0.05, 0.1) is 7.11 Å². The lowest BCUT2D eigenvalue weighted by atomic mass is 10.0. The zero-order valence-electron chi connectivity index (χ0n) is 16.6. The highest BCUT2D eigenvalue weighted by Gasteiger charge is 2.24. The summed E-state index contributed by atoms with van der Waals surface area (Å²) in [7, 11) is 5.54. The number of nitrogens with zero attached hydrogens (tertiary/aromatic N) is 4. The number of rotatable bonds is 6. The van der Waals surface area contributed by atoms with Gasteiger partial charge in [0.25, 0.3) is 5.56 Å². The summed E-state index contributed by atoms with van der Waals surface area (Å²) in [6.45, 7) is 2.00. The number of amides is 1. The normalized spacial score (nSPS) is 15.4. The van der Waals surface area contributed by atoms with Crippen molar-refractivity contribution in [2.45, 2.75) is 31.7 Å². The van der Waals surface area contributed by atoms with Crippen molar-refractivity contribution in [1.29, 1.82) is 0 Å². The van der Waals surface area contributed by atoms with Crippen molar-refractivity contribution < 1.29 is 9.53 Å². The molecule has 0 aliphatic carbocycles. The van der Waals surface area contributed by atoms with Gasteiger partial charge in [0.15, 0.2) is 5.82 Å². The Morgan fingerprint density at radius 1 is 1.25 bits per heavy atom. The first-order valence-corrected chi connectivity index (χ1v) is 9.52. The second-order valence-corrected chi connectivity index (χ2v) is 7.22. The van der Waals surface area contributed by atoms with E-state index in [2.05, 4.69) is 27.1 Å². The highest BCUT2D eigenvalue weighted by molar-refractivity contribution is 5.76. The minimum Gasteiger partial charge on any atom is -0.497 e. The van der Waals surface area contributed by atoms with E-state index in [1.54, 1.807) is 31.4 Å². The number of ether oxygens (including phenoxy) is 1. The molecule has 0 saturated carbocycles. The van der Waals surface area contributed by atoms with E-state index in [1.807, 2.05) is 11.9 Å². The fraction of sp³-hybridized carbons (Fsp3) is 0.500.